The Morgan fingerprint density at radius 2 is 1.94 bits per heavy atom. The summed E-state index contributed by atoms with van der Waals surface area (Å²) < 4.78 is 11.4. The molecule has 2 N–H and O–H groups in total. The number of rotatable bonds is 1. The van der Waals surface area contributed by atoms with Gasteiger partial charge >= 0.3 is 0 Å². The van der Waals surface area contributed by atoms with Crippen LogP contribution in [0.3, 0.4) is 0 Å². The Bertz CT molecular complexity index is 394. The van der Waals surface area contributed by atoms with Crippen LogP contribution in [-0.2, 0) is 9.47 Å². The molecule has 2 fully saturated rings. The van der Waals surface area contributed by atoms with E-state index in [0.717, 1.165) is 50.7 Å². The highest BCUT2D eigenvalue weighted by Crippen LogP contribution is 2.32. The van der Waals surface area contributed by atoms with Crippen molar-refractivity contribution in [1.29, 1.82) is 0 Å². The van der Waals surface area contributed by atoms with Gasteiger partial charge in [-0.1, -0.05) is 0 Å². The van der Waals surface area contributed by atoms with E-state index in [4.69, 9.17) is 15.2 Å². The molecule has 1 aromatic heterocycles. The summed E-state index contributed by atoms with van der Waals surface area (Å²) in [5.41, 5.74) is 6.52. The highest BCUT2D eigenvalue weighted by atomic mass is 16.7. The first kappa shape index (κ1) is 10.8. The average molecular weight is 235 g/mol. The van der Waals surface area contributed by atoms with E-state index in [1.54, 1.807) is 12.3 Å². The van der Waals surface area contributed by atoms with Crippen molar-refractivity contribution in [2.45, 2.75) is 18.6 Å². The zero-order chi connectivity index (χ0) is 11.7. The smallest absolute Gasteiger partial charge is 0.171 e. The highest BCUT2D eigenvalue weighted by Gasteiger charge is 2.39. The summed E-state index contributed by atoms with van der Waals surface area (Å²) in [4.78, 5) is 6.57. The Morgan fingerprint density at radius 3 is 2.59 bits per heavy atom. The van der Waals surface area contributed by atoms with Gasteiger partial charge in [-0.25, -0.2) is 4.98 Å². The number of ether oxygens (including phenoxy) is 2. The molecule has 1 aromatic rings. The summed E-state index contributed by atoms with van der Waals surface area (Å²) >= 11 is 0. The summed E-state index contributed by atoms with van der Waals surface area (Å²) in [7, 11) is 0. The molecular weight excluding hydrogens is 218 g/mol. The number of anilines is 2. The third-order valence-electron chi connectivity index (χ3n) is 3.43. The Kier molecular flexibility index (Phi) is 2.64. The molecule has 0 bridgehead atoms. The Hall–Kier alpha value is -1.33. The van der Waals surface area contributed by atoms with Crippen molar-refractivity contribution < 1.29 is 9.47 Å². The van der Waals surface area contributed by atoms with Crippen molar-refractivity contribution in [3.63, 3.8) is 0 Å². The molecule has 0 radical (unpaired) electrons. The third-order valence-corrected chi connectivity index (χ3v) is 3.43. The molecule has 2 aliphatic heterocycles. The monoisotopic (exact) mass is 235 g/mol. The van der Waals surface area contributed by atoms with E-state index in [1.165, 1.54) is 0 Å². The quantitative estimate of drug-likeness (QED) is 0.787. The minimum Gasteiger partial charge on any atom is -0.399 e. The number of aromatic nitrogens is 1. The Balaban J connectivity index is 1.68. The lowest BCUT2D eigenvalue weighted by Gasteiger charge is -2.38. The molecule has 3 rings (SSSR count). The van der Waals surface area contributed by atoms with Crippen molar-refractivity contribution in [2.75, 3.05) is 36.9 Å². The number of hydrogen-bond acceptors (Lipinski definition) is 5. The van der Waals surface area contributed by atoms with Crippen LogP contribution in [0, 0.1) is 0 Å². The van der Waals surface area contributed by atoms with Gasteiger partial charge in [0.1, 0.15) is 5.82 Å². The molecule has 3 heterocycles. The lowest BCUT2D eigenvalue weighted by molar-refractivity contribution is -0.169. The minimum atomic E-state index is -0.323. The normalized spacial score (nSPS) is 23.2. The first-order chi connectivity index (χ1) is 8.27. The molecule has 0 unspecified atom stereocenters. The molecule has 1 spiro atoms. The summed E-state index contributed by atoms with van der Waals surface area (Å²) in [5.74, 6) is 0.620. The van der Waals surface area contributed by atoms with Crippen molar-refractivity contribution in [2.24, 2.45) is 0 Å². The SMILES string of the molecule is Nc1ccnc(N2CCC3(CC2)OCCO3)c1. The van der Waals surface area contributed by atoms with Gasteiger partial charge in [0.25, 0.3) is 0 Å². The fourth-order valence-corrected chi connectivity index (χ4v) is 2.47. The van der Waals surface area contributed by atoms with E-state index >= 15 is 0 Å². The fraction of sp³-hybridized carbons (Fsp3) is 0.583. The summed E-state index contributed by atoms with van der Waals surface area (Å²) in [6.45, 7) is 3.24. The summed E-state index contributed by atoms with van der Waals surface area (Å²) in [6, 6.07) is 3.71. The number of pyridine rings is 1. The first-order valence-corrected chi connectivity index (χ1v) is 6.02. The van der Waals surface area contributed by atoms with Gasteiger partial charge in [-0.2, -0.15) is 0 Å². The second kappa shape index (κ2) is 4.16. The van der Waals surface area contributed by atoms with Crippen LogP contribution in [0.15, 0.2) is 18.3 Å². The van der Waals surface area contributed by atoms with Gasteiger partial charge in [-0.15, -0.1) is 0 Å². The van der Waals surface area contributed by atoms with E-state index < -0.39 is 0 Å². The van der Waals surface area contributed by atoms with Crippen LogP contribution in [0.25, 0.3) is 0 Å². The minimum absolute atomic E-state index is 0.323. The van der Waals surface area contributed by atoms with Gasteiger partial charge < -0.3 is 20.1 Å². The van der Waals surface area contributed by atoms with Crippen molar-refractivity contribution >= 4 is 11.5 Å². The molecule has 2 saturated heterocycles. The van der Waals surface area contributed by atoms with Crippen molar-refractivity contribution in [3.05, 3.63) is 18.3 Å². The second-order valence-corrected chi connectivity index (χ2v) is 4.54. The number of piperidine rings is 1. The molecule has 0 atom stereocenters. The molecule has 0 amide bonds. The Morgan fingerprint density at radius 1 is 1.24 bits per heavy atom. The molecule has 5 heteroatoms. The molecule has 0 aromatic carbocycles. The molecule has 92 valence electrons. The first-order valence-electron chi connectivity index (χ1n) is 6.02. The average Bonchev–Trinajstić information content (AvgIpc) is 2.79. The molecule has 2 aliphatic rings. The van der Waals surface area contributed by atoms with Crippen LogP contribution in [0.5, 0.6) is 0 Å². The maximum atomic E-state index is 5.76. The van der Waals surface area contributed by atoms with Gasteiger partial charge in [-0.3, -0.25) is 0 Å². The lowest BCUT2D eigenvalue weighted by atomic mass is 10.0. The number of hydrogen-bond donors (Lipinski definition) is 1. The number of nitrogens with two attached hydrogens (primary N) is 1. The predicted octanol–water partition coefficient (Wildman–Crippen LogP) is 1.01. The maximum Gasteiger partial charge on any atom is 0.171 e. The van der Waals surface area contributed by atoms with E-state index in [0.29, 0.717) is 0 Å². The van der Waals surface area contributed by atoms with Crippen LogP contribution < -0.4 is 10.6 Å². The maximum absolute atomic E-state index is 5.76. The lowest BCUT2D eigenvalue weighted by Crippen LogP contribution is -2.45. The number of nitrogen functional groups attached to an aromatic ring is 1. The third kappa shape index (κ3) is 2.08. The number of nitrogens with zero attached hydrogens (tertiary/aromatic N) is 2. The molecule has 17 heavy (non-hydrogen) atoms. The van der Waals surface area contributed by atoms with Gasteiger partial charge in [0.15, 0.2) is 5.79 Å². The summed E-state index contributed by atoms with van der Waals surface area (Å²) in [6.07, 6.45) is 3.53. The Labute approximate surface area is 101 Å². The fourth-order valence-electron chi connectivity index (χ4n) is 2.47. The molecular formula is C12H17N3O2. The zero-order valence-corrected chi connectivity index (χ0v) is 9.76. The molecule has 0 saturated carbocycles. The zero-order valence-electron chi connectivity index (χ0n) is 9.76. The van der Waals surface area contributed by atoms with Gasteiger partial charge in [-0.05, 0) is 6.07 Å². The van der Waals surface area contributed by atoms with E-state index in [1.807, 2.05) is 6.07 Å². The van der Waals surface area contributed by atoms with Crippen molar-refractivity contribution in [1.82, 2.24) is 4.98 Å². The van der Waals surface area contributed by atoms with E-state index in [-0.39, 0.29) is 5.79 Å². The van der Waals surface area contributed by atoms with Crippen LogP contribution in [-0.4, -0.2) is 37.1 Å². The van der Waals surface area contributed by atoms with Gasteiger partial charge in [0, 0.05) is 43.9 Å². The topological polar surface area (TPSA) is 60.6 Å². The van der Waals surface area contributed by atoms with Gasteiger partial charge in [0.2, 0.25) is 0 Å². The van der Waals surface area contributed by atoms with Gasteiger partial charge in [0.05, 0.1) is 13.2 Å². The van der Waals surface area contributed by atoms with Crippen LogP contribution in [0.4, 0.5) is 11.5 Å². The van der Waals surface area contributed by atoms with E-state index in [9.17, 15) is 0 Å². The second-order valence-electron chi connectivity index (χ2n) is 4.54. The van der Waals surface area contributed by atoms with Crippen LogP contribution in [0.1, 0.15) is 12.8 Å². The van der Waals surface area contributed by atoms with Crippen LogP contribution in [0.2, 0.25) is 0 Å². The standard InChI is InChI=1S/C12H17N3O2/c13-10-1-4-14-11(9-10)15-5-2-12(3-6-15)16-7-8-17-12/h1,4,9H,2-3,5-8H2,(H2,13,14). The van der Waals surface area contributed by atoms with Crippen LogP contribution >= 0.6 is 0 Å². The van der Waals surface area contributed by atoms with E-state index in [2.05, 4.69) is 9.88 Å². The molecule has 0 aliphatic carbocycles. The molecule has 5 nitrogen and oxygen atoms in total. The largest absolute Gasteiger partial charge is 0.399 e. The predicted molar refractivity (Wildman–Crippen MR) is 64.7 cm³/mol. The van der Waals surface area contributed by atoms with Crippen molar-refractivity contribution in [3.8, 4) is 0 Å². The highest BCUT2D eigenvalue weighted by molar-refractivity contribution is 5.50. The summed E-state index contributed by atoms with van der Waals surface area (Å²) in [5, 5.41) is 0.